The molecule has 46 heavy (non-hydrogen) atoms. The molecule has 2 aliphatic carbocycles. The molecule has 254 valence electrons. The lowest BCUT2D eigenvalue weighted by atomic mass is 9.93. The van der Waals surface area contributed by atoms with E-state index in [2.05, 4.69) is 93.1 Å². The molecule has 1 aromatic carbocycles. The van der Waals surface area contributed by atoms with E-state index in [-0.39, 0.29) is 12.8 Å². The zero-order chi connectivity index (χ0) is 35.5. The summed E-state index contributed by atoms with van der Waals surface area (Å²) in [5.41, 5.74) is 2.61. The molecule has 2 saturated heterocycles. The molecule has 5 rings (SSSR count). The standard InChI is InChI=1S/C13H19NO2.C6H10F2.C6H11NO.C6H8.4C2H2/c1-15-9-12-11(10-6-7-14-8-10)4-3-5-13(12)16-2;7-6(8)4-2-1-3-5-6;8-6-7-4-2-1-3-5-7;1-2-4-6-5-3-1;4*1-2/h3-5,10,14H,6-9H2,1-2H3;1-5H2;6H,1-5H2;1-4H,5-6H2;4*1-2H/p+1/t10-;;;;;;;/m0......./s1. The normalized spacial score (nSPS) is 18.0. The van der Waals surface area contributed by atoms with E-state index < -0.39 is 5.92 Å². The summed E-state index contributed by atoms with van der Waals surface area (Å²) in [4.78, 5) is 11.9. The molecule has 2 aliphatic heterocycles. The Morgan fingerprint density at radius 2 is 1.41 bits per heavy atom. The van der Waals surface area contributed by atoms with E-state index in [1.165, 1.54) is 62.7 Å². The number of hydrogen-bond donors (Lipinski definition) is 1. The number of nitrogens with zero attached hydrogens (tertiary/aromatic N) is 1. The highest BCUT2D eigenvalue weighted by molar-refractivity contribution is 5.47. The van der Waals surface area contributed by atoms with Crippen molar-refractivity contribution in [1.29, 1.82) is 0 Å². The Morgan fingerprint density at radius 1 is 0.870 bits per heavy atom. The number of allylic oxidation sites excluding steroid dienone is 4. The van der Waals surface area contributed by atoms with Crippen molar-refractivity contribution in [2.75, 3.05) is 40.4 Å². The second-order valence-electron chi connectivity index (χ2n) is 10.3. The molecule has 0 unspecified atom stereocenters. The highest BCUT2D eigenvalue weighted by Gasteiger charge is 2.30. The number of amides is 1. The summed E-state index contributed by atoms with van der Waals surface area (Å²) < 4.78 is 35.1. The zero-order valence-electron chi connectivity index (χ0n) is 28.1. The number of benzene rings is 1. The van der Waals surface area contributed by atoms with Crippen molar-refractivity contribution >= 4 is 6.41 Å². The van der Waals surface area contributed by atoms with Gasteiger partial charge in [0.15, 0.2) is 0 Å². The van der Waals surface area contributed by atoms with E-state index >= 15 is 0 Å². The maximum absolute atomic E-state index is 12.2. The topological polar surface area (TPSA) is 55.4 Å². The van der Waals surface area contributed by atoms with Crippen LogP contribution in [0.4, 0.5) is 8.78 Å². The number of rotatable bonds is 5. The van der Waals surface area contributed by atoms with Crippen LogP contribution < -0.4 is 10.1 Å². The smallest absolute Gasteiger partial charge is 0.248 e. The molecule has 2 N–H and O–H groups in total. The van der Waals surface area contributed by atoms with E-state index in [0.29, 0.717) is 25.4 Å². The molecule has 7 heteroatoms. The van der Waals surface area contributed by atoms with Crippen molar-refractivity contribution in [3.8, 4) is 57.1 Å². The van der Waals surface area contributed by atoms with Crippen LogP contribution in [0.5, 0.6) is 5.75 Å². The second kappa shape index (κ2) is 33.9. The monoisotopic (exact) mass is 639 g/mol. The highest BCUT2D eigenvalue weighted by Crippen LogP contribution is 2.32. The molecule has 1 aromatic rings. The molecule has 0 radical (unpaired) electrons. The van der Waals surface area contributed by atoms with Crippen LogP contribution in [0.1, 0.15) is 87.7 Å². The molecule has 2 heterocycles. The fourth-order valence-electron chi connectivity index (χ4n) is 5.13. The number of carbonyl (C=O) groups excluding carboxylic acids is 1. The van der Waals surface area contributed by atoms with Crippen LogP contribution in [0.15, 0.2) is 42.5 Å². The molecular weight excluding hydrogens is 582 g/mol. The third-order valence-electron chi connectivity index (χ3n) is 7.30. The van der Waals surface area contributed by atoms with Gasteiger partial charge in [-0.3, -0.25) is 4.79 Å². The first-order chi connectivity index (χ1) is 22.5. The Balaban J connectivity index is -0.000000528. The van der Waals surface area contributed by atoms with Gasteiger partial charge in [0.2, 0.25) is 12.3 Å². The Labute approximate surface area is 279 Å². The van der Waals surface area contributed by atoms with Crippen molar-refractivity contribution in [1.82, 2.24) is 4.90 Å². The SMILES string of the molecule is C#C.C#C.C#C.C#C.C1=CCCC=C1.COCc1c(OC)cccc1[C@H]1CC[NH2+]C1.FC1(F)CCCCC1.O=CN1CCCCC1. The first-order valence-electron chi connectivity index (χ1n) is 15.7. The van der Waals surface area contributed by atoms with Crippen LogP contribution in [0, 0.1) is 51.4 Å². The summed E-state index contributed by atoms with van der Waals surface area (Å²) >= 11 is 0. The van der Waals surface area contributed by atoms with Gasteiger partial charge in [-0.15, -0.1) is 51.4 Å². The first-order valence-corrected chi connectivity index (χ1v) is 15.7. The lowest BCUT2D eigenvalue weighted by molar-refractivity contribution is -0.636. The van der Waals surface area contributed by atoms with Gasteiger partial charge in [0, 0.05) is 50.9 Å². The quantitative estimate of drug-likeness (QED) is 0.279. The number of hydrogen-bond acceptors (Lipinski definition) is 3. The van der Waals surface area contributed by atoms with Gasteiger partial charge < -0.3 is 19.7 Å². The van der Waals surface area contributed by atoms with Gasteiger partial charge in [-0.1, -0.05) is 42.9 Å². The summed E-state index contributed by atoms with van der Waals surface area (Å²) in [5.74, 6) is -0.718. The Kier molecular flexibility index (Phi) is 34.2. The largest absolute Gasteiger partial charge is 0.496 e. The average molecular weight is 640 g/mol. The molecule has 1 atom stereocenters. The van der Waals surface area contributed by atoms with Crippen molar-refractivity contribution < 1.29 is 28.4 Å². The fourth-order valence-corrected chi connectivity index (χ4v) is 5.13. The third kappa shape index (κ3) is 22.5. The third-order valence-corrected chi connectivity index (χ3v) is 7.30. The van der Waals surface area contributed by atoms with E-state index in [0.717, 1.165) is 31.7 Å². The van der Waals surface area contributed by atoms with E-state index in [1.807, 2.05) is 11.0 Å². The number of quaternary nitrogens is 1. The summed E-state index contributed by atoms with van der Waals surface area (Å²) in [6, 6.07) is 6.29. The predicted octanol–water partition coefficient (Wildman–Crippen LogP) is 7.00. The highest BCUT2D eigenvalue weighted by atomic mass is 19.3. The lowest BCUT2D eigenvalue weighted by Gasteiger charge is -2.21. The van der Waals surface area contributed by atoms with Crippen molar-refractivity contribution in [2.24, 2.45) is 0 Å². The predicted molar refractivity (Wildman–Crippen MR) is 189 cm³/mol. The molecule has 0 bridgehead atoms. The Hall–Kier alpha value is -4.01. The summed E-state index contributed by atoms with van der Waals surface area (Å²) in [6.45, 7) is 5.00. The number of methoxy groups -OCH3 is 2. The van der Waals surface area contributed by atoms with Crippen molar-refractivity contribution in [3.05, 3.63) is 53.6 Å². The van der Waals surface area contributed by atoms with Gasteiger partial charge in [0.1, 0.15) is 5.75 Å². The molecule has 0 spiro atoms. The van der Waals surface area contributed by atoms with Crippen LogP contribution >= 0.6 is 0 Å². The molecule has 1 saturated carbocycles. The fraction of sp³-hybridized carbons (Fsp3) is 0.513. The van der Waals surface area contributed by atoms with Crippen LogP contribution in [0.2, 0.25) is 0 Å². The van der Waals surface area contributed by atoms with E-state index in [4.69, 9.17) is 9.47 Å². The summed E-state index contributed by atoms with van der Waals surface area (Å²) in [6.07, 6.45) is 51.5. The summed E-state index contributed by atoms with van der Waals surface area (Å²) in [7, 11) is 3.45. The maximum Gasteiger partial charge on any atom is 0.248 e. The van der Waals surface area contributed by atoms with Crippen molar-refractivity contribution in [2.45, 2.75) is 89.1 Å². The number of nitrogens with two attached hydrogens (primary N) is 1. The minimum absolute atomic E-state index is 0.118. The minimum Gasteiger partial charge on any atom is -0.496 e. The molecular formula is C39H57F2N2O3+. The van der Waals surface area contributed by atoms with Crippen LogP contribution in [-0.2, 0) is 16.1 Å². The summed E-state index contributed by atoms with van der Waals surface area (Å²) in [5, 5.41) is 2.38. The van der Waals surface area contributed by atoms with E-state index in [1.54, 1.807) is 14.2 Å². The number of carbonyl (C=O) groups is 1. The van der Waals surface area contributed by atoms with E-state index in [9.17, 15) is 13.6 Å². The van der Waals surface area contributed by atoms with Gasteiger partial charge in [0.25, 0.3) is 0 Å². The minimum atomic E-state index is -2.32. The number of halogens is 2. The van der Waals surface area contributed by atoms with Gasteiger partial charge in [-0.25, -0.2) is 8.78 Å². The number of alkyl halides is 2. The molecule has 4 aliphatic rings. The maximum atomic E-state index is 12.2. The Bertz CT molecular complexity index is 955. The second-order valence-corrected chi connectivity index (χ2v) is 10.3. The van der Waals surface area contributed by atoms with Gasteiger partial charge in [-0.05, 0) is 56.6 Å². The molecule has 5 nitrogen and oxygen atoms in total. The van der Waals surface area contributed by atoms with Gasteiger partial charge in [-0.2, -0.15) is 0 Å². The lowest BCUT2D eigenvalue weighted by Crippen LogP contribution is -2.81. The van der Waals surface area contributed by atoms with Crippen LogP contribution in [-0.4, -0.2) is 57.6 Å². The zero-order valence-corrected chi connectivity index (χ0v) is 28.1. The number of piperidine rings is 1. The average Bonchev–Trinajstić information content (AvgIpc) is 3.69. The molecule has 0 aromatic heterocycles. The first kappa shape index (κ1) is 46.4. The van der Waals surface area contributed by atoms with Crippen molar-refractivity contribution in [3.63, 3.8) is 0 Å². The Morgan fingerprint density at radius 3 is 1.76 bits per heavy atom. The number of terminal acetylenes is 4. The molecule has 3 fully saturated rings. The number of ether oxygens (including phenoxy) is 2. The van der Waals surface area contributed by atoms with Crippen LogP contribution in [0.3, 0.4) is 0 Å². The van der Waals surface area contributed by atoms with Gasteiger partial charge >= 0.3 is 0 Å². The number of likely N-dealkylation sites (tertiary alicyclic amines) is 1. The van der Waals surface area contributed by atoms with Crippen LogP contribution in [0.25, 0.3) is 0 Å². The van der Waals surface area contributed by atoms with Gasteiger partial charge in [0.05, 0.1) is 26.8 Å². The molecule has 1 amide bonds.